The average Bonchev–Trinajstić information content (AvgIpc) is 3.32. The van der Waals surface area contributed by atoms with E-state index in [1.54, 1.807) is 17.4 Å². The molecule has 2 aromatic rings. The van der Waals surface area contributed by atoms with E-state index in [4.69, 9.17) is 4.74 Å². The van der Waals surface area contributed by atoms with Crippen LogP contribution >= 0.6 is 11.3 Å². The number of carbonyl (C=O) groups is 1. The van der Waals surface area contributed by atoms with Gasteiger partial charge in [0.1, 0.15) is 5.75 Å². The molecule has 1 amide bonds. The van der Waals surface area contributed by atoms with E-state index in [2.05, 4.69) is 23.6 Å². The maximum atomic E-state index is 12.6. The Hall–Kier alpha value is -2.07. The molecule has 2 aliphatic rings. The van der Waals surface area contributed by atoms with Crippen molar-refractivity contribution in [2.24, 2.45) is 0 Å². The molecular weight excluding hydrogens is 306 g/mol. The molecule has 0 N–H and O–H groups in total. The third kappa shape index (κ3) is 2.91. The summed E-state index contributed by atoms with van der Waals surface area (Å²) in [6.07, 6.45) is 6.74. The molecule has 0 radical (unpaired) electrons. The van der Waals surface area contributed by atoms with Crippen LogP contribution in [0.2, 0.25) is 0 Å². The summed E-state index contributed by atoms with van der Waals surface area (Å²) < 4.78 is 5.52. The molecule has 4 rings (SSSR count). The molecule has 1 aromatic heterocycles. The average molecular weight is 325 g/mol. The Bertz CT molecular complexity index is 736. The molecule has 3 heterocycles. The summed E-state index contributed by atoms with van der Waals surface area (Å²) in [7, 11) is 0. The minimum absolute atomic E-state index is 0.109. The van der Waals surface area contributed by atoms with Crippen LogP contribution in [0.25, 0.3) is 6.08 Å². The van der Waals surface area contributed by atoms with Gasteiger partial charge >= 0.3 is 0 Å². The highest BCUT2D eigenvalue weighted by Crippen LogP contribution is 2.34. The fourth-order valence-corrected chi connectivity index (χ4v) is 4.25. The second kappa shape index (κ2) is 6.20. The van der Waals surface area contributed by atoms with Gasteiger partial charge in [-0.1, -0.05) is 12.1 Å². The van der Waals surface area contributed by atoms with Crippen molar-refractivity contribution in [3.63, 3.8) is 0 Å². The Morgan fingerprint density at radius 3 is 3.17 bits per heavy atom. The molecule has 23 heavy (non-hydrogen) atoms. The maximum Gasteiger partial charge on any atom is 0.247 e. The molecule has 1 saturated heterocycles. The second-order valence-electron chi connectivity index (χ2n) is 6.00. The van der Waals surface area contributed by atoms with Gasteiger partial charge in [0.05, 0.1) is 12.6 Å². The van der Waals surface area contributed by atoms with Gasteiger partial charge in [-0.05, 0) is 53.6 Å². The van der Waals surface area contributed by atoms with Crippen molar-refractivity contribution in [1.82, 2.24) is 4.90 Å². The predicted octanol–water partition coefficient (Wildman–Crippen LogP) is 4.06. The molecule has 1 aromatic carbocycles. The number of rotatable bonds is 3. The van der Waals surface area contributed by atoms with E-state index in [0.29, 0.717) is 0 Å². The van der Waals surface area contributed by atoms with Crippen molar-refractivity contribution < 1.29 is 9.53 Å². The minimum atomic E-state index is 0.109. The van der Waals surface area contributed by atoms with E-state index in [9.17, 15) is 4.79 Å². The number of hydrogen-bond acceptors (Lipinski definition) is 3. The number of amides is 1. The zero-order valence-corrected chi connectivity index (χ0v) is 13.7. The third-order valence-electron chi connectivity index (χ3n) is 4.54. The summed E-state index contributed by atoms with van der Waals surface area (Å²) in [5.74, 6) is 1.09. The van der Waals surface area contributed by atoms with Crippen LogP contribution in [-0.4, -0.2) is 24.0 Å². The van der Waals surface area contributed by atoms with Gasteiger partial charge in [-0.25, -0.2) is 0 Å². The lowest BCUT2D eigenvalue weighted by Crippen LogP contribution is -2.28. The summed E-state index contributed by atoms with van der Waals surface area (Å²) in [5, 5.41) is 2.08. The first-order chi connectivity index (χ1) is 11.3. The Kier molecular flexibility index (Phi) is 3.92. The zero-order valence-electron chi connectivity index (χ0n) is 12.9. The van der Waals surface area contributed by atoms with Crippen molar-refractivity contribution in [1.29, 1.82) is 0 Å². The van der Waals surface area contributed by atoms with E-state index in [1.807, 2.05) is 23.1 Å². The van der Waals surface area contributed by atoms with Crippen molar-refractivity contribution >= 4 is 23.3 Å². The summed E-state index contributed by atoms with van der Waals surface area (Å²) >= 11 is 1.74. The SMILES string of the molecule is O=C(/C=C/c1ccc2c(c1)CCO2)N1CCCC1c1cccs1. The summed E-state index contributed by atoms with van der Waals surface area (Å²) in [6, 6.07) is 10.6. The largest absolute Gasteiger partial charge is 0.493 e. The normalized spacial score (nSPS) is 20.0. The number of hydrogen-bond donors (Lipinski definition) is 0. The van der Waals surface area contributed by atoms with Crippen LogP contribution in [0.15, 0.2) is 41.8 Å². The van der Waals surface area contributed by atoms with Gasteiger partial charge in [0, 0.05) is 23.9 Å². The van der Waals surface area contributed by atoms with Crippen molar-refractivity contribution in [2.75, 3.05) is 13.2 Å². The fourth-order valence-electron chi connectivity index (χ4n) is 3.38. The van der Waals surface area contributed by atoms with Gasteiger partial charge in [0.2, 0.25) is 5.91 Å². The van der Waals surface area contributed by atoms with Crippen LogP contribution in [0.4, 0.5) is 0 Å². The number of thiophene rings is 1. The standard InChI is InChI=1S/C19H19NO2S/c21-19(20-10-1-3-16(20)18-4-2-12-23-18)8-6-14-5-7-17-15(13-14)9-11-22-17/h2,4-8,12-13,16H,1,3,9-11H2/b8-6+. The first-order valence-electron chi connectivity index (χ1n) is 8.09. The van der Waals surface area contributed by atoms with Crippen molar-refractivity contribution in [3.05, 3.63) is 57.8 Å². The highest BCUT2D eigenvalue weighted by molar-refractivity contribution is 7.10. The van der Waals surface area contributed by atoms with Gasteiger partial charge in [-0.15, -0.1) is 11.3 Å². The lowest BCUT2D eigenvalue weighted by atomic mass is 10.1. The van der Waals surface area contributed by atoms with E-state index in [0.717, 1.165) is 43.7 Å². The lowest BCUT2D eigenvalue weighted by Gasteiger charge is -2.22. The van der Waals surface area contributed by atoms with E-state index >= 15 is 0 Å². The Balaban J connectivity index is 1.49. The molecule has 0 aliphatic carbocycles. The number of benzene rings is 1. The lowest BCUT2D eigenvalue weighted by molar-refractivity contribution is -0.126. The molecule has 1 atom stereocenters. The molecule has 0 saturated carbocycles. The molecule has 4 heteroatoms. The van der Waals surface area contributed by atoms with Crippen LogP contribution in [0.5, 0.6) is 5.75 Å². The highest BCUT2D eigenvalue weighted by Gasteiger charge is 2.29. The Labute approximate surface area is 140 Å². The minimum Gasteiger partial charge on any atom is -0.493 e. The van der Waals surface area contributed by atoms with E-state index < -0.39 is 0 Å². The monoisotopic (exact) mass is 325 g/mol. The first-order valence-corrected chi connectivity index (χ1v) is 8.97. The van der Waals surface area contributed by atoms with Crippen LogP contribution in [0.1, 0.15) is 34.9 Å². The van der Waals surface area contributed by atoms with Crippen LogP contribution in [0, 0.1) is 0 Å². The van der Waals surface area contributed by atoms with Gasteiger partial charge in [-0.3, -0.25) is 4.79 Å². The molecular formula is C19H19NO2S. The van der Waals surface area contributed by atoms with Crippen molar-refractivity contribution in [2.45, 2.75) is 25.3 Å². The fraction of sp³-hybridized carbons (Fsp3) is 0.316. The predicted molar refractivity (Wildman–Crippen MR) is 92.7 cm³/mol. The second-order valence-corrected chi connectivity index (χ2v) is 6.98. The smallest absolute Gasteiger partial charge is 0.247 e. The van der Waals surface area contributed by atoms with Crippen molar-refractivity contribution in [3.8, 4) is 5.75 Å². The molecule has 3 nitrogen and oxygen atoms in total. The molecule has 1 unspecified atom stereocenters. The van der Waals surface area contributed by atoms with Gasteiger partial charge in [0.25, 0.3) is 0 Å². The molecule has 2 aliphatic heterocycles. The molecule has 0 spiro atoms. The summed E-state index contributed by atoms with van der Waals surface area (Å²) in [6.45, 7) is 1.61. The Morgan fingerprint density at radius 2 is 2.30 bits per heavy atom. The Morgan fingerprint density at radius 1 is 1.35 bits per heavy atom. The molecule has 118 valence electrons. The van der Waals surface area contributed by atoms with Gasteiger partial charge < -0.3 is 9.64 Å². The topological polar surface area (TPSA) is 29.5 Å². The number of ether oxygens (including phenoxy) is 1. The van der Waals surface area contributed by atoms with Gasteiger partial charge in [0.15, 0.2) is 0 Å². The van der Waals surface area contributed by atoms with Crippen LogP contribution in [-0.2, 0) is 11.2 Å². The number of carbonyl (C=O) groups excluding carboxylic acids is 1. The first kappa shape index (κ1) is 14.5. The number of fused-ring (bicyclic) bond motifs is 1. The maximum absolute atomic E-state index is 12.6. The van der Waals surface area contributed by atoms with E-state index in [-0.39, 0.29) is 11.9 Å². The third-order valence-corrected chi connectivity index (χ3v) is 5.51. The quantitative estimate of drug-likeness (QED) is 0.797. The summed E-state index contributed by atoms with van der Waals surface area (Å²) in [4.78, 5) is 15.9. The molecule has 0 bridgehead atoms. The van der Waals surface area contributed by atoms with E-state index in [1.165, 1.54) is 10.4 Å². The number of nitrogens with zero attached hydrogens (tertiary/aromatic N) is 1. The van der Waals surface area contributed by atoms with Crippen LogP contribution in [0.3, 0.4) is 0 Å². The number of likely N-dealkylation sites (tertiary alicyclic amines) is 1. The van der Waals surface area contributed by atoms with Crippen LogP contribution < -0.4 is 4.74 Å². The summed E-state index contributed by atoms with van der Waals surface area (Å²) in [5.41, 5.74) is 2.30. The zero-order chi connectivity index (χ0) is 15.6. The van der Waals surface area contributed by atoms with Gasteiger partial charge in [-0.2, -0.15) is 0 Å². The molecule has 1 fully saturated rings. The highest BCUT2D eigenvalue weighted by atomic mass is 32.1.